The summed E-state index contributed by atoms with van der Waals surface area (Å²) in [5.74, 6) is 1.01. The highest BCUT2D eigenvalue weighted by atomic mass is 16.2. The van der Waals surface area contributed by atoms with Gasteiger partial charge in [0.25, 0.3) is 0 Å². The molecule has 0 bridgehead atoms. The van der Waals surface area contributed by atoms with Crippen molar-refractivity contribution in [3.63, 3.8) is 0 Å². The first-order chi connectivity index (χ1) is 14.6. The molecule has 2 aliphatic rings. The van der Waals surface area contributed by atoms with E-state index in [0.717, 1.165) is 38.2 Å². The topological polar surface area (TPSA) is 61.4 Å². The second kappa shape index (κ2) is 9.56. The van der Waals surface area contributed by atoms with Gasteiger partial charge in [-0.15, -0.1) is 5.10 Å². The maximum Gasteiger partial charge on any atom is 0.234 e. The molecule has 1 aliphatic heterocycles. The zero-order chi connectivity index (χ0) is 20.9. The van der Waals surface area contributed by atoms with Crippen LogP contribution in [0.5, 0.6) is 0 Å². The number of hydrogen-bond donors (Lipinski definition) is 1. The van der Waals surface area contributed by atoms with Crippen LogP contribution in [0, 0.1) is 0 Å². The first-order valence-corrected chi connectivity index (χ1v) is 11.2. The first-order valence-electron chi connectivity index (χ1n) is 11.2. The highest BCUT2D eigenvalue weighted by molar-refractivity contribution is 5.78. The summed E-state index contributed by atoms with van der Waals surface area (Å²) in [6.45, 7) is 4.32. The van der Waals surface area contributed by atoms with Gasteiger partial charge in [-0.25, -0.2) is 0 Å². The molecule has 6 nitrogen and oxygen atoms in total. The van der Waals surface area contributed by atoms with Crippen LogP contribution in [0.4, 0.5) is 5.82 Å². The van der Waals surface area contributed by atoms with Crippen LogP contribution in [0.1, 0.15) is 55.3 Å². The Labute approximate surface area is 179 Å². The minimum Gasteiger partial charge on any atom is -0.351 e. The summed E-state index contributed by atoms with van der Waals surface area (Å²) in [6, 6.07) is 11.1. The minimum atomic E-state index is 0.0284. The standard InChI is InChI=1S/C24H33N5O/c1-18(20-12-11-19-7-3-4-8-21(19)15-20)26-24(30)17-28(2)16-22-9-6-14-29(22)23-10-5-13-25-27-23/h5,10-13,15,18,22H,3-4,6-9,14,16-17H2,1-2H3,(H,26,30). The van der Waals surface area contributed by atoms with Gasteiger partial charge in [-0.05, 0) is 81.3 Å². The third kappa shape index (κ3) is 4.98. The van der Waals surface area contributed by atoms with E-state index >= 15 is 0 Å². The van der Waals surface area contributed by atoms with E-state index < -0.39 is 0 Å². The number of rotatable bonds is 7. The average Bonchev–Trinajstić information content (AvgIpc) is 3.21. The Kier molecular flexibility index (Phi) is 6.62. The molecule has 1 aromatic heterocycles. The molecule has 1 aliphatic carbocycles. The molecule has 30 heavy (non-hydrogen) atoms. The lowest BCUT2D eigenvalue weighted by Crippen LogP contribution is -2.43. The van der Waals surface area contributed by atoms with Crippen molar-refractivity contribution in [2.45, 2.75) is 57.5 Å². The lowest BCUT2D eigenvalue weighted by molar-refractivity contribution is -0.122. The third-order valence-electron chi connectivity index (χ3n) is 6.42. The number of hydrogen-bond acceptors (Lipinski definition) is 5. The number of carbonyl (C=O) groups excluding carboxylic acids is 1. The SMILES string of the molecule is CC(NC(=O)CN(C)CC1CCCN1c1cccnn1)c1ccc2c(c1)CCCC2. The Morgan fingerprint density at radius 2 is 2.07 bits per heavy atom. The number of nitrogens with zero attached hydrogens (tertiary/aromatic N) is 4. The average molecular weight is 408 g/mol. The van der Waals surface area contributed by atoms with Crippen LogP contribution in [-0.2, 0) is 17.6 Å². The predicted molar refractivity (Wildman–Crippen MR) is 120 cm³/mol. The quantitative estimate of drug-likeness (QED) is 0.764. The molecule has 1 amide bonds. The number of benzene rings is 1. The predicted octanol–water partition coefficient (Wildman–Crippen LogP) is 3.13. The van der Waals surface area contributed by atoms with E-state index in [1.165, 1.54) is 36.0 Å². The number of carbonyl (C=O) groups is 1. The molecule has 2 unspecified atom stereocenters. The van der Waals surface area contributed by atoms with E-state index in [2.05, 4.69) is 50.4 Å². The molecule has 0 spiro atoms. The Morgan fingerprint density at radius 1 is 1.23 bits per heavy atom. The van der Waals surface area contributed by atoms with Gasteiger partial charge in [0.1, 0.15) is 0 Å². The van der Waals surface area contributed by atoms with E-state index in [1.54, 1.807) is 6.20 Å². The molecule has 1 N–H and O–H groups in total. The fourth-order valence-corrected chi connectivity index (χ4v) is 4.84. The molecule has 4 rings (SSSR count). The summed E-state index contributed by atoms with van der Waals surface area (Å²) in [5.41, 5.74) is 4.14. The highest BCUT2D eigenvalue weighted by Gasteiger charge is 2.27. The van der Waals surface area contributed by atoms with Crippen molar-refractivity contribution in [2.24, 2.45) is 0 Å². The van der Waals surface area contributed by atoms with E-state index in [1.807, 2.05) is 19.2 Å². The molecular formula is C24H33N5O. The largest absolute Gasteiger partial charge is 0.351 e. The van der Waals surface area contributed by atoms with E-state index in [0.29, 0.717) is 12.6 Å². The lowest BCUT2D eigenvalue weighted by atomic mass is 9.89. The van der Waals surface area contributed by atoms with Crippen molar-refractivity contribution in [1.82, 2.24) is 20.4 Å². The summed E-state index contributed by atoms with van der Waals surface area (Å²) in [6.07, 6.45) is 8.89. The number of nitrogens with one attached hydrogen (secondary N) is 1. The molecule has 1 saturated heterocycles. The fraction of sp³-hybridized carbons (Fsp3) is 0.542. The van der Waals surface area contributed by atoms with Crippen LogP contribution in [0.2, 0.25) is 0 Å². The molecule has 1 aromatic carbocycles. The van der Waals surface area contributed by atoms with Crippen molar-refractivity contribution >= 4 is 11.7 Å². The fourth-order valence-electron chi connectivity index (χ4n) is 4.84. The smallest absolute Gasteiger partial charge is 0.234 e. The normalized spacial score (nSPS) is 19.6. The van der Waals surface area contributed by atoms with Gasteiger partial charge in [0, 0.05) is 25.3 Å². The van der Waals surface area contributed by atoms with Gasteiger partial charge in [-0.3, -0.25) is 9.69 Å². The minimum absolute atomic E-state index is 0.0284. The van der Waals surface area contributed by atoms with Crippen molar-refractivity contribution in [2.75, 3.05) is 31.6 Å². The third-order valence-corrected chi connectivity index (χ3v) is 6.42. The van der Waals surface area contributed by atoms with Gasteiger partial charge in [0.2, 0.25) is 5.91 Å². The number of amides is 1. The van der Waals surface area contributed by atoms with Crippen molar-refractivity contribution in [3.05, 3.63) is 53.2 Å². The number of fused-ring (bicyclic) bond motifs is 1. The summed E-state index contributed by atoms with van der Waals surface area (Å²) in [4.78, 5) is 17.1. The maximum absolute atomic E-state index is 12.7. The Morgan fingerprint density at radius 3 is 2.87 bits per heavy atom. The Bertz CT molecular complexity index is 856. The van der Waals surface area contributed by atoms with Crippen LogP contribution < -0.4 is 10.2 Å². The molecule has 0 radical (unpaired) electrons. The number of aryl methyl sites for hydroxylation is 2. The van der Waals surface area contributed by atoms with Crippen molar-refractivity contribution in [1.29, 1.82) is 0 Å². The van der Waals surface area contributed by atoms with Crippen LogP contribution in [-0.4, -0.2) is 53.7 Å². The number of anilines is 1. The molecule has 1 fully saturated rings. The lowest BCUT2D eigenvalue weighted by Gasteiger charge is -2.29. The van der Waals surface area contributed by atoms with Gasteiger partial charge < -0.3 is 10.2 Å². The zero-order valence-corrected chi connectivity index (χ0v) is 18.2. The van der Waals surface area contributed by atoms with Crippen LogP contribution >= 0.6 is 0 Å². The second-order valence-corrected chi connectivity index (χ2v) is 8.79. The zero-order valence-electron chi connectivity index (χ0n) is 18.2. The first kappa shape index (κ1) is 20.8. The Hall–Kier alpha value is -2.47. The van der Waals surface area contributed by atoms with Gasteiger partial charge in [0.15, 0.2) is 5.82 Å². The number of aromatic nitrogens is 2. The van der Waals surface area contributed by atoms with Gasteiger partial charge in [-0.2, -0.15) is 5.10 Å². The van der Waals surface area contributed by atoms with Crippen LogP contribution in [0.25, 0.3) is 0 Å². The second-order valence-electron chi connectivity index (χ2n) is 8.79. The van der Waals surface area contributed by atoms with Gasteiger partial charge in [0.05, 0.1) is 12.6 Å². The highest BCUT2D eigenvalue weighted by Crippen LogP contribution is 2.25. The van der Waals surface area contributed by atoms with E-state index in [9.17, 15) is 4.79 Å². The summed E-state index contributed by atoms with van der Waals surface area (Å²) in [5, 5.41) is 11.5. The Balaban J connectivity index is 1.29. The summed E-state index contributed by atoms with van der Waals surface area (Å²) >= 11 is 0. The number of likely N-dealkylation sites (N-methyl/N-ethyl adjacent to an activating group) is 1. The van der Waals surface area contributed by atoms with E-state index in [4.69, 9.17) is 0 Å². The molecule has 2 aromatic rings. The molecule has 2 heterocycles. The van der Waals surface area contributed by atoms with Crippen molar-refractivity contribution in [3.8, 4) is 0 Å². The maximum atomic E-state index is 12.7. The van der Waals surface area contributed by atoms with Crippen molar-refractivity contribution < 1.29 is 4.79 Å². The monoisotopic (exact) mass is 407 g/mol. The van der Waals surface area contributed by atoms with Crippen LogP contribution in [0.3, 0.4) is 0 Å². The molecular weight excluding hydrogens is 374 g/mol. The summed E-state index contributed by atoms with van der Waals surface area (Å²) in [7, 11) is 2.02. The molecule has 6 heteroatoms. The van der Waals surface area contributed by atoms with Gasteiger partial charge in [-0.1, -0.05) is 18.2 Å². The van der Waals surface area contributed by atoms with Gasteiger partial charge >= 0.3 is 0 Å². The molecule has 160 valence electrons. The molecule has 0 saturated carbocycles. The van der Waals surface area contributed by atoms with Crippen LogP contribution in [0.15, 0.2) is 36.5 Å². The van der Waals surface area contributed by atoms with E-state index in [-0.39, 0.29) is 11.9 Å². The molecule has 2 atom stereocenters. The summed E-state index contributed by atoms with van der Waals surface area (Å²) < 4.78 is 0.